The number of nitrogens with one attached hydrogen (secondary N) is 1. The maximum atomic E-state index is 11.8. The van der Waals surface area contributed by atoms with E-state index in [1.165, 1.54) is 12.1 Å². The first-order valence-corrected chi connectivity index (χ1v) is 7.13. The number of rotatable bonds is 4. The summed E-state index contributed by atoms with van der Waals surface area (Å²) in [5.74, 6) is 1.64. The van der Waals surface area contributed by atoms with Gasteiger partial charge < -0.3 is 10.2 Å². The van der Waals surface area contributed by atoms with Crippen LogP contribution >= 0.6 is 0 Å². The Labute approximate surface area is 116 Å². The Morgan fingerprint density at radius 1 is 1.21 bits per heavy atom. The molecule has 2 unspecified atom stereocenters. The van der Waals surface area contributed by atoms with Crippen LogP contribution in [0.3, 0.4) is 0 Å². The smallest absolute Gasteiger partial charge is 0.176 e. The number of Topliss-reactive ketones (excluding diaryl/α,β-unsaturated/α-hetero) is 1. The Bertz CT molecular complexity index is 417. The molecule has 1 saturated heterocycles. The van der Waals surface area contributed by atoms with E-state index >= 15 is 0 Å². The van der Waals surface area contributed by atoms with Crippen LogP contribution in [-0.4, -0.2) is 32.5 Å². The van der Waals surface area contributed by atoms with Gasteiger partial charge in [0.1, 0.15) is 0 Å². The molecule has 3 heteroatoms. The average Bonchev–Trinajstić information content (AvgIpc) is 2.38. The highest BCUT2D eigenvalue weighted by atomic mass is 16.1. The van der Waals surface area contributed by atoms with Gasteiger partial charge in [-0.3, -0.25) is 4.79 Å². The Morgan fingerprint density at radius 2 is 1.79 bits per heavy atom. The molecule has 3 nitrogen and oxygen atoms in total. The van der Waals surface area contributed by atoms with Crippen molar-refractivity contribution in [3.05, 3.63) is 29.8 Å². The number of benzene rings is 1. The fourth-order valence-corrected chi connectivity index (χ4v) is 2.99. The van der Waals surface area contributed by atoms with E-state index in [1.807, 2.05) is 12.1 Å². The molecule has 19 heavy (non-hydrogen) atoms. The van der Waals surface area contributed by atoms with Crippen molar-refractivity contribution in [3.63, 3.8) is 0 Å². The lowest BCUT2D eigenvalue weighted by atomic mass is 9.91. The molecule has 0 bridgehead atoms. The first kappa shape index (κ1) is 14.1. The summed E-state index contributed by atoms with van der Waals surface area (Å²) >= 11 is 0. The topological polar surface area (TPSA) is 32.3 Å². The van der Waals surface area contributed by atoms with Gasteiger partial charge in [0.2, 0.25) is 0 Å². The summed E-state index contributed by atoms with van der Waals surface area (Å²) in [5.41, 5.74) is 2.02. The summed E-state index contributed by atoms with van der Waals surface area (Å²) in [5, 5.41) is 2.90. The van der Waals surface area contributed by atoms with Gasteiger partial charge in [0.15, 0.2) is 5.78 Å². The molecule has 0 aliphatic carbocycles. The summed E-state index contributed by atoms with van der Waals surface area (Å²) in [6.07, 6.45) is 1.31. The molecular formula is C16H24N2O. The lowest BCUT2D eigenvalue weighted by Gasteiger charge is -2.36. The van der Waals surface area contributed by atoms with Crippen LogP contribution in [0.15, 0.2) is 24.3 Å². The molecule has 2 rings (SSSR count). The van der Waals surface area contributed by atoms with Crippen LogP contribution in [0.2, 0.25) is 0 Å². The largest absolute Gasteiger partial charge is 0.371 e. The Morgan fingerprint density at radius 3 is 2.32 bits per heavy atom. The Hall–Kier alpha value is -1.35. The van der Waals surface area contributed by atoms with E-state index in [2.05, 4.69) is 36.2 Å². The molecular weight excluding hydrogens is 236 g/mol. The molecule has 1 aliphatic heterocycles. The number of anilines is 1. The van der Waals surface area contributed by atoms with Crippen molar-refractivity contribution < 1.29 is 4.79 Å². The van der Waals surface area contributed by atoms with Crippen molar-refractivity contribution in [2.24, 2.45) is 11.8 Å². The molecule has 0 saturated carbocycles. The predicted octanol–water partition coefficient (Wildman–Crippen LogP) is 2.57. The summed E-state index contributed by atoms with van der Waals surface area (Å²) in [7, 11) is 1.79. The minimum Gasteiger partial charge on any atom is -0.371 e. The summed E-state index contributed by atoms with van der Waals surface area (Å²) in [6.45, 7) is 7.26. The molecule has 1 N–H and O–H groups in total. The van der Waals surface area contributed by atoms with Gasteiger partial charge in [-0.1, -0.05) is 13.8 Å². The zero-order valence-corrected chi connectivity index (χ0v) is 12.1. The van der Waals surface area contributed by atoms with E-state index in [-0.39, 0.29) is 5.78 Å². The first-order chi connectivity index (χ1) is 9.10. The molecule has 104 valence electrons. The van der Waals surface area contributed by atoms with E-state index in [1.54, 1.807) is 7.05 Å². The third kappa shape index (κ3) is 3.57. The van der Waals surface area contributed by atoms with Crippen molar-refractivity contribution in [2.45, 2.75) is 20.3 Å². The SMILES string of the molecule is CNCC(=O)c1ccc(N2CC(C)CC(C)C2)cc1. The Balaban J connectivity index is 2.07. The number of nitrogens with zero attached hydrogens (tertiary/aromatic N) is 1. The van der Waals surface area contributed by atoms with E-state index in [0.717, 1.165) is 30.5 Å². The molecule has 0 radical (unpaired) electrons. The third-order valence-electron chi connectivity index (χ3n) is 3.76. The number of carbonyl (C=O) groups is 1. The van der Waals surface area contributed by atoms with Gasteiger partial charge in [0, 0.05) is 24.3 Å². The molecule has 0 aromatic heterocycles. The minimum absolute atomic E-state index is 0.148. The molecule has 1 aromatic rings. The number of carbonyl (C=O) groups excluding carboxylic acids is 1. The van der Waals surface area contributed by atoms with Crippen molar-refractivity contribution in [3.8, 4) is 0 Å². The number of piperidine rings is 1. The van der Waals surface area contributed by atoms with E-state index in [9.17, 15) is 4.79 Å². The lowest BCUT2D eigenvalue weighted by Crippen LogP contribution is -2.38. The van der Waals surface area contributed by atoms with Crippen molar-refractivity contribution in [2.75, 3.05) is 31.6 Å². The van der Waals surface area contributed by atoms with Gasteiger partial charge in [0.25, 0.3) is 0 Å². The molecule has 0 amide bonds. The monoisotopic (exact) mass is 260 g/mol. The fourth-order valence-electron chi connectivity index (χ4n) is 2.99. The second-order valence-corrected chi connectivity index (χ2v) is 5.85. The molecule has 1 aliphatic rings. The van der Waals surface area contributed by atoms with E-state index in [0.29, 0.717) is 6.54 Å². The fraction of sp³-hybridized carbons (Fsp3) is 0.562. The standard InChI is InChI=1S/C16H24N2O/c1-12-8-13(2)11-18(10-12)15-6-4-14(5-7-15)16(19)9-17-3/h4-7,12-13,17H,8-11H2,1-3H3. The quantitative estimate of drug-likeness (QED) is 0.845. The van der Waals surface area contributed by atoms with Gasteiger partial charge in [-0.25, -0.2) is 0 Å². The molecule has 1 fully saturated rings. The number of ketones is 1. The van der Waals surface area contributed by atoms with E-state index < -0.39 is 0 Å². The van der Waals surface area contributed by atoms with Crippen LogP contribution in [0.4, 0.5) is 5.69 Å². The second kappa shape index (κ2) is 6.20. The van der Waals surface area contributed by atoms with Crippen LogP contribution < -0.4 is 10.2 Å². The maximum absolute atomic E-state index is 11.8. The highest BCUT2D eigenvalue weighted by Crippen LogP contribution is 2.26. The van der Waals surface area contributed by atoms with Crippen molar-refractivity contribution in [1.82, 2.24) is 5.32 Å². The Kier molecular flexibility index (Phi) is 4.59. The normalized spacial score (nSPS) is 23.4. The molecule has 0 spiro atoms. The lowest BCUT2D eigenvalue weighted by molar-refractivity contribution is 0.0993. The molecule has 1 aromatic carbocycles. The van der Waals surface area contributed by atoms with Gasteiger partial charge in [-0.2, -0.15) is 0 Å². The molecule has 2 atom stereocenters. The third-order valence-corrected chi connectivity index (χ3v) is 3.76. The zero-order chi connectivity index (χ0) is 13.8. The maximum Gasteiger partial charge on any atom is 0.176 e. The van der Waals surface area contributed by atoms with Gasteiger partial charge in [0.05, 0.1) is 6.54 Å². The van der Waals surface area contributed by atoms with Crippen LogP contribution in [0.5, 0.6) is 0 Å². The number of hydrogen-bond donors (Lipinski definition) is 1. The van der Waals surface area contributed by atoms with Gasteiger partial charge in [-0.05, 0) is 49.6 Å². The van der Waals surface area contributed by atoms with E-state index in [4.69, 9.17) is 0 Å². The number of hydrogen-bond acceptors (Lipinski definition) is 3. The van der Waals surface area contributed by atoms with Crippen LogP contribution in [0, 0.1) is 11.8 Å². The summed E-state index contributed by atoms with van der Waals surface area (Å²) in [6, 6.07) is 8.04. The van der Waals surface area contributed by atoms with Crippen LogP contribution in [-0.2, 0) is 0 Å². The number of likely N-dealkylation sites (N-methyl/N-ethyl adjacent to an activating group) is 1. The van der Waals surface area contributed by atoms with Crippen LogP contribution in [0.25, 0.3) is 0 Å². The van der Waals surface area contributed by atoms with Crippen molar-refractivity contribution >= 4 is 11.5 Å². The molecule has 1 heterocycles. The average molecular weight is 260 g/mol. The minimum atomic E-state index is 0.148. The second-order valence-electron chi connectivity index (χ2n) is 5.85. The summed E-state index contributed by atoms with van der Waals surface area (Å²) < 4.78 is 0. The van der Waals surface area contributed by atoms with Gasteiger partial charge in [-0.15, -0.1) is 0 Å². The highest BCUT2D eigenvalue weighted by molar-refractivity contribution is 5.97. The van der Waals surface area contributed by atoms with Crippen LogP contribution in [0.1, 0.15) is 30.6 Å². The first-order valence-electron chi connectivity index (χ1n) is 7.13. The predicted molar refractivity (Wildman–Crippen MR) is 79.9 cm³/mol. The van der Waals surface area contributed by atoms with Gasteiger partial charge >= 0.3 is 0 Å². The zero-order valence-electron chi connectivity index (χ0n) is 12.1. The van der Waals surface area contributed by atoms with Crippen molar-refractivity contribution in [1.29, 1.82) is 0 Å². The summed E-state index contributed by atoms with van der Waals surface area (Å²) in [4.78, 5) is 14.2. The highest BCUT2D eigenvalue weighted by Gasteiger charge is 2.21.